The zero-order chi connectivity index (χ0) is 30.3. The number of methoxy groups -OCH3 is 1. The van der Waals surface area contributed by atoms with Gasteiger partial charge >= 0.3 is 6.09 Å². The molecule has 2 amide bonds. The van der Waals surface area contributed by atoms with Crippen molar-refractivity contribution in [2.45, 2.75) is 84.2 Å². The molecule has 4 unspecified atom stereocenters. The fourth-order valence-corrected chi connectivity index (χ4v) is 7.46. The summed E-state index contributed by atoms with van der Waals surface area (Å²) in [5, 5.41) is 0. The predicted octanol–water partition coefficient (Wildman–Crippen LogP) is 7.32. The van der Waals surface area contributed by atoms with Crippen molar-refractivity contribution in [2.75, 3.05) is 40.3 Å². The van der Waals surface area contributed by atoms with Crippen LogP contribution < -0.4 is 0 Å². The first kappa shape index (κ1) is 32.1. The van der Waals surface area contributed by atoms with Crippen molar-refractivity contribution >= 4 is 12.0 Å². The van der Waals surface area contributed by atoms with Crippen LogP contribution in [0.5, 0.6) is 0 Å². The Kier molecular flexibility index (Phi) is 11.1. The van der Waals surface area contributed by atoms with E-state index in [-0.39, 0.29) is 24.1 Å². The molecule has 1 aliphatic carbocycles. The Morgan fingerprint density at radius 2 is 1.57 bits per heavy atom. The van der Waals surface area contributed by atoms with Crippen molar-refractivity contribution in [3.05, 3.63) is 71.8 Å². The number of hydrogen-bond acceptors (Lipinski definition) is 4. The molecule has 0 radical (unpaired) electrons. The van der Waals surface area contributed by atoms with Crippen molar-refractivity contribution in [3.63, 3.8) is 0 Å². The molecule has 0 aromatic heterocycles. The number of benzene rings is 2. The summed E-state index contributed by atoms with van der Waals surface area (Å²) in [5.74, 6) is 1.58. The van der Waals surface area contributed by atoms with Crippen molar-refractivity contribution in [1.82, 2.24) is 14.7 Å². The molecule has 2 aromatic rings. The third-order valence-corrected chi connectivity index (χ3v) is 9.51. The van der Waals surface area contributed by atoms with Gasteiger partial charge in [0, 0.05) is 50.9 Å². The normalized spacial score (nSPS) is 22.5. The highest BCUT2D eigenvalue weighted by Crippen LogP contribution is 2.42. The zero-order valence-electron chi connectivity index (χ0n) is 26.8. The molecular formula is C36H53N3O3. The summed E-state index contributed by atoms with van der Waals surface area (Å²) >= 11 is 0. The van der Waals surface area contributed by atoms with Crippen molar-refractivity contribution < 1.29 is 14.3 Å². The molecule has 4 atom stereocenters. The average molecular weight is 576 g/mol. The first-order chi connectivity index (χ1) is 20.1. The largest absolute Gasteiger partial charge is 0.453 e. The van der Waals surface area contributed by atoms with Crippen LogP contribution in [0, 0.1) is 17.3 Å². The van der Waals surface area contributed by atoms with Gasteiger partial charge in [-0.25, -0.2) is 4.79 Å². The summed E-state index contributed by atoms with van der Waals surface area (Å²) in [5.41, 5.74) is 2.42. The van der Waals surface area contributed by atoms with Crippen LogP contribution >= 0.6 is 0 Å². The Balaban J connectivity index is 1.38. The molecule has 2 aliphatic rings. The number of carbonyl (C=O) groups is 2. The Morgan fingerprint density at radius 1 is 0.952 bits per heavy atom. The van der Waals surface area contributed by atoms with Gasteiger partial charge in [-0.05, 0) is 79.4 Å². The SMILES string of the molecule is COC(=O)N(CCC(C)CC(C)(C)C)C1CCN(CC2CC(N(C)C(=O)c3ccccc3)CC2c2ccccc2)CC1. The Hall–Kier alpha value is -2.86. The van der Waals surface area contributed by atoms with E-state index in [9.17, 15) is 9.59 Å². The van der Waals surface area contributed by atoms with Gasteiger partial charge < -0.3 is 19.4 Å². The predicted molar refractivity (Wildman–Crippen MR) is 171 cm³/mol. The first-order valence-electron chi connectivity index (χ1n) is 16.0. The Morgan fingerprint density at radius 3 is 2.17 bits per heavy atom. The molecule has 4 rings (SSSR count). The van der Waals surface area contributed by atoms with E-state index in [0.717, 1.165) is 70.3 Å². The molecule has 1 heterocycles. The molecule has 2 aromatic carbocycles. The molecule has 1 saturated heterocycles. The number of likely N-dealkylation sites (tertiary alicyclic amines) is 1. The molecular weight excluding hydrogens is 522 g/mol. The van der Waals surface area contributed by atoms with E-state index in [1.807, 2.05) is 47.2 Å². The van der Waals surface area contributed by atoms with E-state index in [4.69, 9.17) is 4.74 Å². The smallest absolute Gasteiger partial charge is 0.409 e. The van der Waals surface area contributed by atoms with E-state index < -0.39 is 0 Å². The summed E-state index contributed by atoms with van der Waals surface area (Å²) in [6.07, 6.45) is 5.91. The van der Waals surface area contributed by atoms with E-state index >= 15 is 0 Å². The van der Waals surface area contributed by atoms with Crippen LogP contribution in [-0.4, -0.2) is 79.1 Å². The minimum atomic E-state index is -0.190. The summed E-state index contributed by atoms with van der Waals surface area (Å²) in [6.45, 7) is 12.9. The molecule has 1 saturated carbocycles. The molecule has 6 nitrogen and oxygen atoms in total. The molecule has 0 bridgehead atoms. The highest BCUT2D eigenvalue weighted by molar-refractivity contribution is 5.94. The topological polar surface area (TPSA) is 53.1 Å². The Bertz CT molecular complexity index is 1120. The van der Waals surface area contributed by atoms with Gasteiger partial charge in [0.1, 0.15) is 0 Å². The van der Waals surface area contributed by atoms with Crippen LogP contribution in [0.25, 0.3) is 0 Å². The standard InChI is InChI=1S/C36H53N3O3/c1-27(25-36(2,3)4)17-22-39(35(41)42-6)31-18-20-38(21-19-31)26-30-23-32(24-33(30)28-13-9-7-10-14-28)37(5)34(40)29-15-11-8-12-16-29/h7-16,27,30-33H,17-26H2,1-6H3. The number of carbonyl (C=O) groups excluding carboxylic acids is 2. The molecule has 2 fully saturated rings. The summed E-state index contributed by atoms with van der Waals surface area (Å²) in [4.78, 5) is 32.6. The first-order valence-corrected chi connectivity index (χ1v) is 16.0. The quantitative estimate of drug-likeness (QED) is 0.298. The van der Waals surface area contributed by atoms with Crippen LogP contribution in [0.1, 0.15) is 88.1 Å². The number of ether oxygens (including phenoxy) is 1. The molecule has 230 valence electrons. The van der Waals surface area contributed by atoms with E-state index in [2.05, 4.69) is 62.9 Å². The fourth-order valence-electron chi connectivity index (χ4n) is 7.46. The van der Waals surface area contributed by atoms with Gasteiger partial charge in [0.05, 0.1) is 7.11 Å². The third-order valence-electron chi connectivity index (χ3n) is 9.51. The summed E-state index contributed by atoms with van der Waals surface area (Å²) in [7, 11) is 3.47. The lowest BCUT2D eigenvalue weighted by Gasteiger charge is -2.39. The summed E-state index contributed by atoms with van der Waals surface area (Å²) in [6, 6.07) is 20.9. The van der Waals surface area contributed by atoms with Crippen molar-refractivity contribution in [2.24, 2.45) is 17.3 Å². The second-order valence-corrected chi connectivity index (χ2v) is 14.0. The number of piperidine rings is 1. The molecule has 0 spiro atoms. The van der Waals surface area contributed by atoms with Gasteiger partial charge in [-0.15, -0.1) is 0 Å². The van der Waals surface area contributed by atoms with Crippen molar-refractivity contribution in [3.8, 4) is 0 Å². The maximum absolute atomic E-state index is 13.3. The van der Waals surface area contributed by atoms with E-state index in [1.54, 1.807) is 0 Å². The second kappa shape index (κ2) is 14.5. The minimum Gasteiger partial charge on any atom is -0.453 e. The minimum absolute atomic E-state index is 0.105. The number of rotatable bonds is 10. The highest BCUT2D eigenvalue weighted by atomic mass is 16.5. The van der Waals surface area contributed by atoms with Gasteiger partial charge in [-0.2, -0.15) is 0 Å². The fraction of sp³-hybridized carbons (Fsp3) is 0.611. The third kappa shape index (κ3) is 8.59. The van der Waals surface area contributed by atoms with Crippen LogP contribution in [0.4, 0.5) is 4.79 Å². The maximum Gasteiger partial charge on any atom is 0.409 e. The van der Waals surface area contributed by atoms with Gasteiger partial charge in [-0.1, -0.05) is 76.2 Å². The summed E-state index contributed by atoms with van der Waals surface area (Å²) < 4.78 is 5.22. The monoisotopic (exact) mass is 575 g/mol. The zero-order valence-corrected chi connectivity index (χ0v) is 26.8. The van der Waals surface area contributed by atoms with Gasteiger partial charge in [0.2, 0.25) is 0 Å². The van der Waals surface area contributed by atoms with E-state index in [0.29, 0.717) is 23.2 Å². The number of hydrogen-bond donors (Lipinski definition) is 0. The molecule has 42 heavy (non-hydrogen) atoms. The Labute approximate surface area is 254 Å². The van der Waals surface area contributed by atoms with Crippen molar-refractivity contribution in [1.29, 1.82) is 0 Å². The lowest BCUT2D eigenvalue weighted by atomic mass is 9.84. The second-order valence-electron chi connectivity index (χ2n) is 14.0. The molecule has 1 aliphatic heterocycles. The van der Waals surface area contributed by atoms with E-state index in [1.165, 1.54) is 12.7 Å². The highest BCUT2D eigenvalue weighted by Gasteiger charge is 2.40. The van der Waals surface area contributed by atoms with Crippen LogP contribution in [-0.2, 0) is 4.74 Å². The average Bonchev–Trinajstić information content (AvgIpc) is 3.40. The number of amides is 2. The van der Waals surface area contributed by atoms with Crippen LogP contribution in [0.3, 0.4) is 0 Å². The molecule has 6 heteroatoms. The lowest BCUT2D eigenvalue weighted by molar-refractivity contribution is 0.0679. The van der Waals surface area contributed by atoms with Gasteiger partial charge in [0.15, 0.2) is 0 Å². The van der Waals surface area contributed by atoms with Gasteiger partial charge in [-0.3, -0.25) is 4.79 Å². The van der Waals surface area contributed by atoms with Crippen LogP contribution in [0.2, 0.25) is 0 Å². The lowest BCUT2D eigenvalue weighted by Crippen LogP contribution is -2.49. The van der Waals surface area contributed by atoms with Crippen LogP contribution in [0.15, 0.2) is 60.7 Å². The van der Waals surface area contributed by atoms with Gasteiger partial charge in [0.25, 0.3) is 5.91 Å². The molecule has 0 N–H and O–H groups in total. The maximum atomic E-state index is 13.3. The number of nitrogens with zero attached hydrogens (tertiary/aromatic N) is 3.